The molecule has 0 aliphatic rings. The van der Waals surface area contributed by atoms with Crippen molar-refractivity contribution in [1.29, 1.82) is 0 Å². The van der Waals surface area contributed by atoms with Crippen molar-refractivity contribution in [2.75, 3.05) is 13.6 Å². The minimum Gasteiger partial charge on any atom is -0.316 e. The van der Waals surface area contributed by atoms with Crippen LogP contribution in [0.2, 0.25) is 0 Å². The lowest BCUT2D eigenvalue weighted by Crippen LogP contribution is -2.37. The van der Waals surface area contributed by atoms with Crippen LogP contribution < -0.4 is 10.0 Å². The van der Waals surface area contributed by atoms with E-state index in [1.54, 1.807) is 6.92 Å². The molecule has 0 radical (unpaired) electrons. The van der Waals surface area contributed by atoms with Gasteiger partial charge in [0.15, 0.2) is 0 Å². The molecule has 1 aromatic rings. The minimum atomic E-state index is -5.11. The third-order valence-electron chi connectivity index (χ3n) is 2.94. The number of hydrogen-bond donors (Lipinski definition) is 2. The summed E-state index contributed by atoms with van der Waals surface area (Å²) < 4.78 is 102. The summed E-state index contributed by atoms with van der Waals surface area (Å²) in [6, 6.07) is -0.156. The number of rotatable bonds is 5. The molecule has 1 rings (SSSR count). The van der Waals surface area contributed by atoms with E-state index in [1.807, 2.05) is 4.72 Å². The average molecular weight is 364 g/mol. The first-order valence-electron chi connectivity index (χ1n) is 6.24. The molecule has 0 aliphatic heterocycles. The van der Waals surface area contributed by atoms with E-state index in [-0.39, 0.29) is 30.8 Å². The lowest BCUT2D eigenvalue weighted by Gasteiger charge is -2.16. The Hall–Kier alpha value is -1.33. The average Bonchev–Trinajstić information content (AvgIpc) is 2.42. The summed E-state index contributed by atoms with van der Waals surface area (Å²) in [5.41, 5.74) is -3.37. The first-order valence-corrected chi connectivity index (χ1v) is 7.72. The largest absolute Gasteiger partial charge is 0.416 e. The Bertz CT molecular complexity index is 622. The molecule has 2 N–H and O–H groups in total. The van der Waals surface area contributed by atoms with Crippen molar-refractivity contribution in [2.24, 2.45) is 0 Å². The quantitative estimate of drug-likeness (QED) is 0.790. The molecule has 11 heteroatoms. The van der Waals surface area contributed by atoms with Crippen LogP contribution in [-0.2, 0) is 22.4 Å². The van der Waals surface area contributed by atoms with Crippen molar-refractivity contribution in [3.05, 3.63) is 29.3 Å². The Morgan fingerprint density at radius 3 is 1.78 bits per heavy atom. The summed E-state index contributed by atoms with van der Waals surface area (Å²) in [6.45, 7) is 1.38. The highest BCUT2D eigenvalue weighted by molar-refractivity contribution is 7.89. The molecule has 0 fully saturated rings. The van der Waals surface area contributed by atoms with E-state index >= 15 is 0 Å². The Kier molecular flexibility index (Phi) is 5.70. The molecule has 0 amide bonds. The van der Waals surface area contributed by atoms with Crippen LogP contribution in [-0.4, -0.2) is 28.1 Å². The van der Waals surface area contributed by atoms with Crippen molar-refractivity contribution in [1.82, 2.24) is 10.0 Å². The maximum Gasteiger partial charge on any atom is 0.416 e. The van der Waals surface area contributed by atoms with Crippen LogP contribution in [0.5, 0.6) is 0 Å². The first-order chi connectivity index (χ1) is 10.3. The van der Waals surface area contributed by atoms with Crippen LogP contribution in [0, 0.1) is 0 Å². The van der Waals surface area contributed by atoms with E-state index < -0.39 is 38.4 Å². The molecule has 132 valence electrons. The molecule has 1 aromatic carbocycles. The van der Waals surface area contributed by atoms with Gasteiger partial charge in [0.05, 0.1) is 16.0 Å². The predicted molar refractivity (Wildman–Crippen MR) is 70.2 cm³/mol. The summed E-state index contributed by atoms with van der Waals surface area (Å²) >= 11 is 0. The van der Waals surface area contributed by atoms with Crippen LogP contribution in [0.4, 0.5) is 26.3 Å². The topological polar surface area (TPSA) is 58.2 Å². The normalized spacial score (nSPS) is 14.8. The van der Waals surface area contributed by atoms with Crippen molar-refractivity contribution < 1.29 is 34.8 Å². The fourth-order valence-corrected chi connectivity index (χ4v) is 2.70. The number of sulfonamides is 1. The van der Waals surface area contributed by atoms with Gasteiger partial charge in [-0.25, -0.2) is 13.1 Å². The molecule has 23 heavy (non-hydrogen) atoms. The van der Waals surface area contributed by atoms with E-state index in [1.165, 1.54) is 7.05 Å². The first kappa shape index (κ1) is 19.7. The number of nitrogens with one attached hydrogen (secondary N) is 2. The van der Waals surface area contributed by atoms with Crippen LogP contribution in [0.1, 0.15) is 18.1 Å². The lowest BCUT2D eigenvalue weighted by atomic mass is 10.1. The van der Waals surface area contributed by atoms with Gasteiger partial charge in [-0.2, -0.15) is 26.3 Å². The third-order valence-corrected chi connectivity index (χ3v) is 4.35. The molecule has 0 aliphatic carbocycles. The van der Waals surface area contributed by atoms with Crippen molar-refractivity contribution in [3.63, 3.8) is 0 Å². The van der Waals surface area contributed by atoms with E-state index in [4.69, 9.17) is 0 Å². The van der Waals surface area contributed by atoms with Gasteiger partial charge >= 0.3 is 12.4 Å². The molecule has 0 saturated heterocycles. The van der Waals surface area contributed by atoms with Gasteiger partial charge in [-0.1, -0.05) is 0 Å². The number of likely N-dealkylation sites (N-methyl/N-ethyl adjacent to an activating group) is 1. The van der Waals surface area contributed by atoms with Gasteiger partial charge in [0.2, 0.25) is 10.0 Å². The van der Waals surface area contributed by atoms with Crippen molar-refractivity contribution >= 4 is 10.0 Å². The zero-order chi connectivity index (χ0) is 18.1. The molecular weight excluding hydrogens is 350 g/mol. The van der Waals surface area contributed by atoms with Gasteiger partial charge in [-0.05, 0) is 32.2 Å². The van der Waals surface area contributed by atoms with Gasteiger partial charge in [0.25, 0.3) is 0 Å². The second kappa shape index (κ2) is 6.65. The van der Waals surface area contributed by atoms with E-state index in [0.29, 0.717) is 0 Å². The van der Waals surface area contributed by atoms with Crippen molar-refractivity contribution in [2.45, 2.75) is 30.2 Å². The van der Waals surface area contributed by atoms with E-state index in [9.17, 15) is 34.8 Å². The van der Waals surface area contributed by atoms with Gasteiger partial charge in [-0.3, -0.25) is 0 Å². The Morgan fingerprint density at radius 2 is 1.43 bits per heavy atom. The molecule has 0 spiro atoms. The second-order valence-electron chi connectivity index (χ2n) is 4.78. The van der Waals surface area contributed by atoms with Crippen LogP contribution in [0.15, 0.2) is 23.1 Å². The fraction of sp³-hybridized carbons (Fsp3) is 0.500. The van der Waals surface area contributed by atoms with Gasteiger partial charge < -0.3 is 5.32 Å². The molecule has 1 atom stereocenters. The molecular formula is C12H14F6N2O2S. The predicted octanol–water partition coefficient (Wildman–Crippen LogP) is 2.61. The Labute approximate surface area is 128 Å². The summed E-state index contributed by atoms with van der Waals surface area (Å²) in [5, 5.41) is 2.67. The molecule has 0 saturated carbocycles. The SMILES string of the molecule is CNC(C)CNS(=O)(=O)c1cc(C(F)(F)F)cc(C(F)(F)F)c1. The smallest absolute Gasteiger partial charge is 0.316 e. The molecule has 0 bridgehead atoms. The standard InChI is InChI=1S/C12H14F6N2O2S/c1-7(19-2)6-20-23(21,22)10-4-8(11(13,14)15)3-9(5-10)12(16,17)18/h3-5,7,19-20H,6H2,1-2H3. The number of hydrogen-bond acceptors (Lipinski definition) is 3. The summed E-state index contributed by atoms with van der Waals surface area (Å²) in [7, 11) is -3.00. The summed E-state index contributed by atoms with van der Waals surface area (Å²) in [5.74, 6) is 0. The van der Waals surface area contributed by atoms with Crippen LogP contribution in [0.3, 0.4) is 0 Å². The van der Waals surface area contributed by atoms with E-state index in [2.05, 4.69) is 5.32 Å². The van der Waals surface area contributed by atoms with Crippen LogP contribution >= 0.6 is 0 Å². The molecule has 0 aromatic heterocycles. The van der Waals surface area contributed by atoms with Gasteiger partial charge in [0, 0.05) is 12.6 Å². The van der Waals surface area contributed by atoms with Crippen LogP contribution in [0.25, 0.3) is 0 Å². The molecule has 0 heterocycles. The maximum absolute atomic E-state index is 12.7. The number of halogens is 6. The van der Waals surface area contributed by atoms with E-state index in [0.717, 1.165) is 0 Å². The zero-order valence-corrected chi connectivity index (χ0v) is 12.8. The summed E-state index contributed by atoms with van der Waals surface area (Å²) in [6.07, 6.45) is -10.2. The fourth-order valence-electron chi connectivity index (χ4n) is 1.50. The highest BCUT2D eigenvalue weighted by atomic mass is 32.2. The lowest BCUT2D eigenvalue weighted by molar-refractivity contribution is -0.143. The van der Waals surface area contributed by atoms with Gasteiger partial charge in [0.1, 0.15) is 0 Å². The highest BCUT2D eigenvalue weighted by Crippen LogP contribution is 2.37. The molecule has 1 unspecified atom stereocenters. The number of alkyl halides is 6. The Morgan fingerprint density at radius 1 is 1.00 bits per heavy atom. The second-order valence-corrected chi connectivity index (χ2v) is 6.55. The third kappa shape index (κ3) is 5.36. The van der Waals surface area contributed by atoms with Crippen molar-refractivity contribution in [3.8, 4) is 0 Å². The highest BCUT2D eigenvalue weighted by Gasteiger charge is 2.38. The molecule has 4 nitrogen and oxygen atoms in total. The summed E-state index contributed by atoms with van der Waals surface area (Å²) in [4.78, 5) is -1.09. The Balaban J connectivity index is 3.35. The monoisotopic (exact) mass is 364 g/mol. The maximum atomic E-state index is 12.7. The van der Waals surface area contributed by atoms with Gasteiger partial charge in [-0.15, -0.1) is 0 Å². The zero-order valence-electron chi connectivity index (χ0n) is 12.0. The number of benzene rings is 1. The minimum absolute atomic E-state index is 0.130.